The first-order chi connectivity index (χ1) is 8.00. The van der Waals surface area contributed by atoms with E-state index in [1.807, 2.05) is 13.8 Å². The van der Waals surface area contributed by atoms with Crippen LogP contribution in [-0.2, 0) is 6.54 Å². The molecule has 17 heavy (non-hydrogen) atoms. The lowest BCUT2D eigenvalue weighted by molar-refractivity contribution is 0.473. The molecule has 1 aromatic carbocycles. The van der Waals surface area contributed by atoms with Gasteiger partial charge in [-0.25, -0.2) is 4.39 Å². The van der Waals surface area contributed by atoms with Crippen molar-refractivity contribution in [3.8, 4) is 0 Å². The Morgan fingerprint density at radius 1 is 1.29 bits per heavy atom. The van der Waals surface area contributed by atoms with Gasteiger partial charge in [0.2, 0.25) is 0 Å². The van der Waals surface area contributed by atoms with E-state index < -0.39 is 0 Å². The van der Waals surface area contributed by atoms with Crippen molar-refractivity contribution in [2.75, 3.05) is 0 Å². The molecule has 2 aromatic rings. The highest BCUT2D eigenvalue weighted by atomic mass is 19.1. The van der Waals surface area contributed by atoms with Gasteiger partial charge in [-0.3, -0.25) is 0 Å². The number of fused-ring (bicyclic) bond motifs is 1. The highest BCUT2D eigenvalue weighted by Crippen LogP contribution is 2.30. The average Bonchev–Trinajstić information content (AvgIpc) is 2.60. The van der Waals surface area contributed by atoms with Gasteiger partial charge >= 0.3 is 0 Å². The molecular weight excluding hydrogens is 217 g/mol. The molecule has 3 heteroatoms. The van der Waals surface area contributed by atoms with Crippen LogP contribution in [0.25, 0.3) is 11.0 Å². The predicted molar refractivity (Wildman–Crippen MR) is 67.6 cm³/mol. The molecule has 0 aliphatic heterocycles. The molecule has 1 aromatic heterocycles. The van der Waals surface area contributed by atoms with E-state index in [0.717, 1.165) is 22.3 Å². The number of benzene rings is 1. The summed E-state index contributed by atoms with van der Waals surface area (Å²) in [4.78, 5) is 0. The van der Waals surface area contributed by atoms with Crippen LogP contribution < -0.4 is 5.32 Å². The summed E-state index contributed by atoms with van der Waals surface area (Å²) in [7, 11) is 0. The van der Waals surface area contributed by atoms with Crippen molar-refractivity contribution in [2.24, 2.45) is 0 Å². The van der Waals surface area contributed by atoms with Gasteiger partial charge in [0.15, 0.2) is 11.4 Å². The molecule has 0 atom stereocenters. The first-order valence-electron chi connectivity index (χ1n) is 5.91. The number of hydrogen-bond donors (Lipinski definition) is 1. The third-order valence-electron chi connectivity index (χ3n) is 3.01. The molecule has 0 fully saturated rings. The Labute approximate surface area is 101 Å². The molecule has 0 saturated heterocycles. The van der Waals surface area contributed by atoms with Gasteiger partial charge in [-0.05, 0) is 25.5 Å². The lowest BCUT2D eigenvalue weighted by atomic mass is 10.1. The zero-order valence-electron chi connectivity index (χ0n) is 10.7. The maximum Gasteiger partial charge on any atom is 0.170 e. The highest BCUT2D eigenvalue weighted by Gasteiger charge is 2.15. The molecular formula is C14H18FNO. The van der Waals surface area contributed by atoms with Crippen LogP contribution in [0, 0.1) is 19.7 Å². The summed E-state index contributed by atoms with van der Waals surface area (Å²) in [6.07, 6.45) is 0. The number of halogens is 1. The van der Waals surface area contributed by atoms with E-state index in [9.17, 15) is 4.39 Å². The summed E-state index contributed by atoms with van der Waals surface area (Å²) in [5, 5.41) is 4.19. The minimum absolute atomic E-state index is 0.288. The van der Waals surface area contributed by atoms with Gasteiger partial charge in [-0.15, -0.1) is 0 Å². The van der Waals surface area contributed by atoms with E-state index in [4.69, 9.17) is 4.42 Å². The van der Waals surface area contributed by atoms with Crippen molar-refractivity contribution in [3.63, 3.8) is 0 Å². The van der Waals surface area contributed by atoms with E-state index in [1.54, 1.807) is 6.07 Å². The second-order valence-corrected chi connectivity index (χ2v) is 4.75. The molecule has 2 rings (SSSR count). The quantitative estimate of drug-likeness (QED) is 0.877. The molecule has 1 heterocycles. The zero-order valence-corrected chi connectivity index (χ0v) is 10.7. The molecule has 2 nitrogen and oxygen atoms in total. The lowest BCUT2D eigenvalue weighted by Crippen LogP contribution is -2.21. The summed E-state index contributed by atoms with van der Waals surface area (Å²) >= 11 is 0. The van der Waals surface area contributed by atoms with Gasteiger partial charge < -0.3 is 9.73 Å². The van der Waals surface area contributed by atoms with Crippen molar-refractivity contribution in [2.45, 2.75) is 40.3 Å². The van der Waals surface area contributed by atoms with Crippen molar-refractivity contribution in [3.05, 3.63) is 34.8 Å². The number of aryl methyl sites for hydroxylation is 2. The molecule has 0 aliphatic rings. The molecule has 0 saturated carbocycles. The van der Waals surface area contributed by atoms with Crippen LogP contribution in [0.5, 0.6) is 0 Å². The fourth-order valence-electron chi connectivity index (χ4n) is 2.03. The Bertz CT molecular complexity index is 543. The molecule has 0 spiro atoms. The third-order valence-corrected chi connectivity index (χ3v) is 3.01. The molecule has 92 valence electrons. The van der Waals surface area contributed by atoms with Gasteiger partial charge in [0, 0.05) is 17.0 Å². The molecule has 0 unspecified atom stereocenters. The number of nitrogens with one attached hydrogen (secondary N) is 1. The van der Waals surface area contributed by atoms with Crippen LogP contribution in [0.2, 0.25) is 0 Å². The minimum Gasteiger partial charge on any atom is -0.456 e. The van der Waals surface area contributed by atoms with E-state index in [2.05, 4.69) is 19.2 Å². The minimum atomic E-state index is -0.288. The van der Waals surface area contributed by atoms with Crippen LogP contribution in [-0.4, -0.2) is 6.04 Å². The number of rotatable bonds is 3. The maximum atomic E-state index is 13.6. The summed E-state index contributed by atoms with van der Waals surface area (Å²) in [6.45, 7) is 8.74. The summed E-state index contributed by atoms with van der Waals surface area (Å²) in [6, 6.07) is 3.63. The molecule has 0 amide bonds. The van der Waals surface area contributed by atoms with Gasteiger partial charge in [0.05, 0.1) is 6.54 Å². The Morgan fingerprint density at radius 3 is 2.59 bits per heavy atom. The molecule has 0 bridgehead atoms. The predicted octanol–water partition coefficient (Wildman–Crippen LogP) is 3.69. The molecule has 0 aliphatic carbocycles. The first-order valence-corrected chi connectivity index (χ1v) is 5.91. The van der Waals surface area contributed by atoms with Crippen LogP contribution in [0.15, 0.2) is 16.5 Å². The average molecular weight is 235 g/mol. The van der Waals surface area contributed by atoms with E-state index in [-0.39, 0.29) is 5.82 Å². The van der Waals surface area contributed by atoms with Gasteiger partial charge in [0.25, 0.3) is 0 Å². The maximum absolute atomic E-state index is 13.6. The van der Waals surface area contributed by atoms with Crippen molar-refractivity contribution in [1.29, 1.82) is 0 Å². The van der Waals surface area contributed by atoms with Gasteiger partial charge in [-0.2, -0.15) is 0 Å². The second kappa shape index (κ2) is 4.49. The number of hydrogen-bond acceptors (Lipinski definition) is 2. The van der Waals surface area contributed by atoms with Gasteiger partial charge in [0.1, 0.15) is 5.76 Å². The van der Waals surface area contributed by atoms with Crippen LogP contribution in [0.3, 0.4) is 0 Å². The zero-order chi connectivity index (χ0) is 12.6. The molecule has 0 radical (unpaired) electrons. The fraction of sp³-hybridized carbons (Fsp3) is 0.429. The highest BCUT2D eigenvalue weighted by molar-refractivity contribution is 5.85. The Balaban J connectivity index is 2.49. The monoisotopic (exact) mass is 235 g/mol. The van der Waals surface area contributed by atoms with E-state index >= 15 is 0 Å². The Hall–Kier alpha value is -1.35. The second-order valence-electron chi connectivity index (χ2n) is 4.75. The summed E-state index contributed by atoms with van der Waals surface area (Å²) < 4.78 is 19.3. The summed E-state index contributed by atoms with van der Waals surface area (Å²) in [5.74, 6) is 0.534. The van der Waals surface area contributed by atoms with Crippen LogP contribution in [0.4, 0.5) is 4.39 Å². The standard InChI is InChI=1S/C14H18FNO/c1-8(2)16-7-12-10(4)13-9(3)5-6-11(15)14(13)17-12/h5-6,8,16H,7H2,1-4H3. The Kier molecular flexibility index (Phi) is 3.20. The summed E-state index contributed by atoms with van der Waals surface area (Å²) in [5.41, 5.74) is 2.46. The topological polar surface area (TPSA) is 25.2 Å². The van der Waals surface area contributed by atoms with E-state index in [1.165, 1.54) is 6.07 Å². The van der Waals surface area contributed by atoms with Gasteiger partial charge in [-0.1, -0.05) is 19.9 Å². The van der Waals surface area contributed by atoms with Crippen molar-refractivity contribution >= 4 is 11.0 Å². The number of furan rings is 1. The largest absolute Gasteiger partial charge is 0.456 e. The third kappa shape index (κ3) is 2.20. The smallest absolute Gasteiger partial charge is 0.170 e. The van der Waals surface area contributed by atoms with E-state index in [0.29, 0.717) is 18.2 Å². The van der Waals surface area contributed by atoms with Crippen LogP contribution >= 0.6 is 0 Å². The Morgan fingerprint density at radius 2 is 2.00 bits per heavy atom. The van der Waals surface area contributed by atoms with Crippen LogP contribution in [0.1, 0.15) is 30.7 Å². The lowest BCUT2D eigenvalue weighted by Gasteiger charge is -2.05. The SMILES string of the molecule is Cc1ccc(F)c2oc(CNC(C)C)c(C)c12. The van der Waals surface area contributed by atoms with Crippen molar-refractivity contribution < 1.29 is 8.81 Å². The fourth-order valence-corrected chi connectivity index (χ4v) is 2.03. The molecule has 1 N–H and O–H groups in total. The first kappa shape index (κ1) is 12.1. The normalized spacial score (nSPS) is 11.6. The van der Waals surface area contributed by atoms with Crippen molar-refractivity contribution in [1.82, 2.24) is 5.32 Å².